The van der Waals surface area contributed by atoms with Gasteiger partial charge in [0.15, 0.2) is 11.6 Å². The third kappa shape index (κ3) is 7.72. The highest BCUT2D eigenvalue weighted by Crippen LogP contribution is 2.41. The van der Waals surface area contributed by atoms with Crippen molar-refractivity contribution in [3.8, 4) is 23.2 Å². The van der Waals surface area contributed by atoms with E-state index in [1.54, 1.807) is 6.07 Å². The van der Waals surface area contributed by atoms with Crippen LogP contribution in [0.4, 0.5) is 10.2 Å². The number of fused-ring (bicyclic) bond motifs is 2. The van der Waals surface area contributed by atoms with Gasteiger partial charge in [-0.25, -0.2) is 4.39 Å². The molecule has 242 valence electrons. The average Bonchev–Trinajstić information content (AvgIpc) is 3.54. The SMILES string of the molecule is C=C(F)C(=O)N1CCN(c2nc(OC)nc3c(C(C)C)c(-c4cccc5cccc(Cl)c45)cnc23)CC1.CC#N.CN1CCCC1. The number of hydrogen-bond acceptors (Lipinski definition) is 8. The molecule has 1 amide bonds. The van der Waals surface area contributed by atoms with Crippen molar-refractivity contribution in [2.24, 2.45) is 0 Å². The van der Waals surface area contributed by atoms with Crippen LogP contribution in [0.5, 0.6) is 6.01 Å². The van der Waals surface area contributed by atoms with Crippen molar-refractivity contribution in [2.75, 3.05) is 58.3 Å². The number of piperazine rings is 1. The number of anilines is 1. The lowest BCUT2D eigenvalue weighted by atomic mass is 9.90. The Morgan fingerprint density at radius 1 is 1.02 bits per heavy atom. The van der Waals surface area contributed by atoms with Gasteiger partial charge in [-0.05, 0) is 61.5 Å². The number of hydrogen-bond donors (Lipinski definition) is 0. The van der Waals surface area contributed by atoms with E-state index < -0.39 is 11.7 Å². The second-order valence-corrected chi connectivity index (χ2v) is 11.9. The van der Waals surface area contributed by atoms with Gasteiger partial charge < -0.3 is 19.4 Å². The molecule has 0 N–H and O–H groups in total. The fourth-order valence-electron chi connectivity index (χ4n) is 5.85. The van der Waals surface area contributed by atoms with Gasteiger partial charge in [-0.2, -0.15) is 15.2 Å². The average molecular weight is 646 g/mol. The van der Waals surface area contributed by atoms with Crippen LogP contribution in [-0.4, -0.2) is 84.1 Å². The molecule has 0 radical (unpaired) electrons. The first-order valence-corrected chi connectivity index (χ1v) is 15.8. The summed E-state index contributed by atoms with van der Waals surface area (Å²) in [5, 5.41) is 10.0. The molecule has 0 spiro atoms. The van der Waals surface area contributed by atoms with E-state index in [9.17, 15) is 9.18 Å². The van der Waals surface area contributed by atoms with E-state index in [1.807, 2.05) is 41.4 Å². The number of methoxy groups -OCH3 is 1. The second kappa shape index (κ2) is 15.8. The van der Waals surface area contributed by atoms with Gasteiger partial charge in [-0.3, -0.25) is 9.78 Å². The summed E-state index contributed by atoms with van der Waals surface area (Å²) in [5.74, 6) is -0.900. The summed E-state index contributed by atoms with van der Waals surface area (Å²) >= 11 is 6.66. The molecule has 2 aliphatic heterocycles. The molecule has 2 aromatic carbocycles. The van der Waals surface area contributed by atoms with Gasteiger partial charge in [-0.1, -0.05) is 62.4 Å². The van der Waals surface area contributed by atoms with E-state index in [4.69, 9.17) is 31.6 Å². The molecule has 0 aliphatic carbocycles. The number of nitriles is 1. The molecule has 11 heteroatoms. The third-order valence-corrected chi connectivity index (χ3v) is 8.36. The zero-order valence-corrected chi connectivity index (χ0v) is 27.9. The monoisotopic (exact) mass is 645 g/mol. The van der Waals surface area contributed by atoms with Crippen LogP contribution in [0, 0.1) is 11.3 Å². The molecule has 4 heterocycles. The zero-order chi connectivity index (χ0) is 33.4. The lowest BCUT2D eigenvalue weighted by molar-refractivity contribution is -0.128. The van der Waals surface area contributed by atoms with Crippen LogP contribution in [0.15, 0.2) is 55.0 Å². The van der Waals surface area contributed by atoms with E-state index in [0.717, 1.165) is 27.5 Å². The van der Waals surface area contributed by atoms with Crippen molar-refractivity contribution >= 4 is 45.1 Å². The van der Waals surface area contributed by atoms with Crippen LogP contribution < -0.4 is 9.64 Å². The highest BCUT2D eigenvalue weighted by Gasteiger charge is 2.27. The number of benzene rings is 2. The molecule has 0 unspecified atom stereocenters. The lowest BCUT2D eigenvalue weighted by Gasteiger charge is -2.35. The first-order valence-electron chi connectivity index (χ1n) is 15.4. The molecule has 0 atom stereocenters. The van der Waals surface area contributed by atoms with Crippen molar-refractivity contribution in [2.45, 2.75) is 39.5 Å². The predicted octanol–water partition coefficient (Wildman–Crippen LogP) is 7.00. The Morgan fingerprint density at radius 3 is 2.20 bits per heavy atom. The van der Waals surface area contributed by atoms with Gasteiger partial charge in [0.1, 0.15) is 11.0 Å². The number of aromatic nitrogens is 3. The van der Waals surface area contributed by atoms with Crippen LogP contribution in [0.3, 0.4) is 0 Å². The van der Waals surface area contributed by atoms with Crippen LogP contribution in [0.1, 0.15) is 45.1 Å². The number of amides is 1. The normalized spacial score (nSPS) is 14.8. The maximum Gasteiger partial charge on any atom is 0.318 e. The molecule has 0 bridgehead atoms. The highest BCUT2D eigenvalue weighted by atomic mass is 35.5. The van der Waals surface area contributed by atoms with E-state index in [1.165, 1.54) is 44.9 Å². The maximum atomic E-state index is 13.4. The van der Waals surface area contributed by atoms with Crippen molar-refractivity contribution in [3.05, 3.63) is 65.6 Å². The van der Waals surface area contributed by atoms with Gasteiger partial charge in [0.25, 0.3) is 5.91 Å². The highest BCUT2D eigenvalue weighted by molar-refractivity contribution is 6.36. The van der Waals surface area contributed by atoms with Gasteiger partial charge in [-0.15, -0.1) is 0 Å². The minimum absolute atomic E-state index is 0.107. The number of nitrogens with zero attached hydrogens (tertiary/aromatic N) is 7. The molecular weight excluding hydrogens is 605 g/mol. The molecule has 2 aliphatic rings. The predicted molar refractivity (Wildman–Crippen MR) is 183 cm³/mol. The van der Waals surface area contributed by atoms with E-state index in [0.29, 0.717) is 48.1 Å². The number of rotatable bonds is 5. The van der Waals surface area contributed by atoms with Crippen molar-refractivity contribution in [3.63, 3.8) is 0 Å². The smallest absolute Gasteiger partial charge is 0.318 e. The van der Waals surface area contributed by atoms with E-state index in [-0.39, 0.29) is 11.9 Å². The summed E-state index contributed by atoms with van der Waals surface area (Å²) in [5.41, 5.74) is 4.30. The molecule has 2 aromatic heterocycles. The number of carbonyl (C=O) groups is 1. The topological polar surface area (TPSA) is 98.5 Å². The first kappa shape index (κ1) is 34.5. The molecule has 6 rings (SSSR count). The molecular formula is C35H41ClFN7O2. The second-order valence-electron chi connectivity index (χ2n) is 11.5. The fraction of sp³-hybridized carbons (Fsp3) is 0.400. The Hall–Kier alpha value is -4.33. The Balaban J connectivity index is 0.000000466. The summed E-state index contributed by atoms with van der Waals surface area (Å²) in [4.78, 5) is 32.1. The van der Waals surface area contributed by atoms with Gasteiger partial charge >= 0.3 is 6.01 Å². The largest absolute Gasteiger partial charge is 0.467 e. The lowest BCUT2D eigenvalue weighted by Crippen LogP contribution is -2.49. The molecule has 2 fully saturated rings. The van der Waals surface area contributed by atoms with E-state index >= 15 is 0 Å². The minimum atomic E-state index is -0.952. The summed E-state index contributed by atoms with van der Waals surface area (Å²) in [6.45, 7) is 13.1. The minimum Gasteiger partial charge on any atom is -0.467 e. The fourth-order valence-corrected chi connectivity index (χ4v) is 6.14. The third-order valence-electron chi connectivity index (χ3n) is 8.05. The van der Waals surface area contributed by atoms with Crippen molar-refractivity contribution < 1.29 is 13.9 Å². The standard InChI is InChI=1S/C28H27ClFN5O2.C5H11N.C2H3N/c1-16(2)22-20(19-9-5-7-18-8-6-10-21(29)23(18)19)15-31-25-24(22)32-28(37-4)33-26(25)34-11-13-35(14-12-34)27(36)17(3)30;1-6-4-2-3-5-6;1-2-3/h5-10,15-16H,3,11-14H2,1-2,4H3;2-5H2,1H3;1H3. The number of halogens is 2. The van der Waals surface area contributed by atoms with Gasteiger partial charge in [0.05, 0.1) is 13.2 Å². The Kier molecular flexibility index (Phi) is 11.9. The Morgan fingerprint density at radius 2 is 1.65 bits per heavy atom. The molecule has 2 saturated heterocycles. The van der Waals surface area contributed by atoms with Crippen molar-refractivity contribution in [1.29, 1.82) is 5.26 Å². The number of carbonyl (C=O) groups excluding carboxylic acids is 1. The maximum absolute atomic E-state index is 13.4. The molecule has 0 saturated carbocycles. The zero-order valence-electron chi connectivity index (χ0n) is 27.2. The van der Waals surface area contributed by atoms with Gasteiger partial charge in [0, 0.05) is 55.3 Å². The quantitative estimate of drug-likeness (QED) is 0.214. The van der Waals surface area contributed by atoms with Gasteiger partial charge in [0.2, 0.25) is 0 Å². The van der Waals surface area contributed by atoms with Crippen LogP contribution in [0.2, 0.25) is 5.02 Å². The van der Waals surface area contributed by atoms with Crippen LogP contribution in [-0.2, 0) is 4.79 Å². The molecule has 4 aromatic rings. The van der Waals surface area contributed by atoms with Crippen LogP contribution >= 0.6 is 11.6 Å². The first-order chi connectivity index (χ1) is 22.1. The van der Waals surface area contributed by atoms with Crippen LogP contribution in [0.25, 0.3) is 32.9 Å². The van der Waals surface area contributed by atoms with Crippen molar-refractivity contribution in [1.82, 2.24) is 24.8 Å². The number of likely N-dealkylation sites (tertiary alicyclic amines) is 1. The summed E-state index contributed by atoms with van der Waals surface area (Å²) in [6.07, 6.45) is 4.69. The summed E-state index contributed by atoms with van der Waals surface area (Å²) < 4.78 is 18.9. The Bertz CT molecular complexity index is 1740. The molecule has 9 nitrogen and oxygen atoms in total. The summed E-state index contributed by atoms with van der Waals surface area (Å²) in [7, 11) is 3.71. The Labute approximate surface area is 275 Å². The number of ether oxygens (including phenoxy) is 1. The summed E-state index contributed by atoms with van der Waals surface area (Å²) in [6, 6.07) is 14.0. The number of pyridine rings is 1. The molecule has 46 heavy (non-hydrogen) atoms. The van der Waals surface area contributed by atoms with E-state index in [2.05, 4.69) is 43.4 Å².